The van der Waals surface area contributed by atoms with Crippen molar-refractivity contribution in [3.8, 4) is 0 Å². The van der Waals surface area contributed by atoms with Crippen LogP contribution in [0.3, 0.4) is 0 Å². The van der Waals surface area contributed by atoms with E-state index in [4.69, 9.17) is 0 Å². The molecule has 1 heterocycles. The number of anilines is 1. The maximum atomic E-state index is 10.7. The van der Waals surface area contributed by atoms with E-state index in [1.807, 2.05) is 12.1 Å². The molecule has 0 aromatic heterocycles. The zero-order valence-electron chi connectivity index (χ0n) is 9.97. The van der Waals surface area contributed by atoms with Crippen LogP contribution in [0.1, 0.15) is 10.4 Å². The number of carbonyl (C=O) groups is 1. The van der Waals surface area contributed by atoms with Crippen molar-refractivity contribution in [3.63, 3.8) is 0 Å². The predicted molar refractivity (Wildman–Crippen MR) is 73.9 cm³/mol. The van der Waals surface area contributed by atoms with Gasteiger partial charge in [0.1, 0.15) is 6.29 Å². The van der Waals surface area contributed by atoms with Gasteiger partial charge in [-0.25, -0.2) is 0 Å². The molecular formula is C13H17BrN2O. The number of carbonyl (C=O) groups excluding carboxylic acids is 1. The van der Waals surface area contributed by atoms with E-state index in [1.54, 1.807) is 0 Å². The zero-order chi connectivity index (χ0) is 12.3. The van der Waals surface area contributed by atoms with Crippen molar-refractivity contribution in [2.75, 3.05) is 38.1 Å². The Morgan fingerprint density at radius 3 is 2.29 bits per heavy atom. The fourth-order valence-corrected chi connectivity index (χ4v) is 2.32. The lowest BCUT2D eigenvalue weighted by Gasteiger charge is -2.34. The van der Waals surface area contributed by atoms with E-state index >= 15 is 0 Å². The molecule has 0 spiro atoms. The normalized spacial score (nSPS) is 19.1. The van der Waals surface area contributed by atoms with Gasteiger partial charge < -0.3 is 14.6 Å². The van der Waals surface area contributed by atoms with E-state index in [9.17, 15) is 4.79 Å². The molecule has 1 aliphatic rings. The van der Waals surface area contributed by atoms with Gasteiger partial charge in [-0.1, -0.05) is 28.1 Å². The van der Waals surface area contributed by atoms with Crippen LogP contribution in [0.2, 0.25) is 0 Å². The summed E-state index contributed by atoms with van der Waals surface area (Å²) < 4.78 is 0. The van der Waals surface area contributed by atoms with Crippen molar-refractivity contribution < 1.29 is 4.79 Å². The molecule has 0 bridgehead atoms. The van der Waals surface area contributed by atoms with Crippen molar-refractivity contribution in [2.24, 2.45) is 0 Å². The number of nitrogens with zero attached hydrogens (tertiary/aromatic N) is 2. The molecule has 1 aromatic carbocycles. The van der Waals surface area contributed by atoms with Crippen LogP contribution in [0.15, 0.2) is 24.3 Å². The van der Waals surface area contributed by atoms with Crippen molar-refractivity contribution in [1.29, 1.82) is 0 Å². The molecule has 0 N–H and O–H groups in total. The zero-order valence-corrected chi connectivity index (χ0v) is 11.6. The summed E-state index contributed by atoms with van der Waals surface area (Å²) in [5.74, 6) is 0. The quantitative estimate of drug-likeness (QED) is 0.630. The van der Waals surface area contributed by atoms with Crippen LogP contribution >= 0.6 is 15.9 Å². The molecule has 1 aromatic rings. The molecule has 1 fully saturated rings. The monoisotopic (exact) mass is 296 g/mol. The molecule has 3 nitrogen and oxygen atoms in total. The van der Waals surface area contributed by atoms with Crippen LogP contribution in [0.25, 0.3) is 0 Å². The first-order valence-corrected chi connectivity index (χ1v) is 6.75. The Kier molecular flexibility index (Phi) is 4.18. The molecule has 0 amide bonds. The van der Waals surface area contributed by atoms with Gasteiger partial charge in [0.15, 0.2) is 0 Å². The average Bonchev–Trinajstić information content (AvgIpc) is 2.39. The fourth-order valence-electron chi connectivity index (χ4n) is 2.01. The Labute approximate surface area is 111 Å². The Balaban J connectivity index is 2.05. The Hall–Kier alpha value is -0.870. The topological polar surface area (TPSA) is 23.6 Å². The lowest BCUT2D eigenvalue weighted by Crippen LogP contribution is -2.44. The second-order valence-corrected chi connectivity index (χ2v) is 5.41. The Morgan fingerprint density at radius 2 is 1.76 bits per heavy atom. The smallest absolute Gasteiger partial charge is 0.138 e. The molecule has 92 valence electrons. The summed E-state index contributed by atoms with van der Waals surface area (Å²) in [6.07, 6.45) is 0.908. The van der Waals surface area contributed by atoms with Gasteiger partial charge in [-0.3, -0.25) is 0 Å². The number of hydrogen-bond acceptors (Lipinski definition) is 3. The van der Waals surface area contributed by atoms with Crippen LogP contribution < -0.4 is 4.90 Å². The van der Waals surface area contributed by atoms with Gasteiger partial charge >= 0.3 is 0 Å². The summed E-state index contributed by atoms with van der Waals surface area (Å²) in [7, 11) is 2.15. The molecule has 17 heavy (non-hydrogen) atoms. The Morgan fingerprint density at radius 1 is 1.18 bits per heavy atom. The van der Waals surface area contributed by atoms with Crippen molar-refractivity contribution >= 4 is 27.9 Å². The molecule has 1 unspecified atom stereocenters. The van der Waals surface area contributed by atoms with E-state index < -0.39 is 0 Å². The molecule has 0 radical (unpaired) electrons. The minimum absolute atomic E-state index is 0.191. The molecule has 1 aliphatic heterocycles. The highest BCUT2D eigenvalue weighted by molar-refractivity contribution is 9.09. The van der Waals surface area contributed by atoms with Crippen LogP contribution in [-0.2, 0) is 4.79 Å². The maximum absolute atomic E-state index is 10.7. The van der Waals surface area contributed by atoms with Crippen LogP contribution in [0.4, 0.5) is 5.69 Å². The summed E-state index contributed by atoms with van der Waals surface area (Å²) in [6, 6.07) is 8.22. The number of benzene rings is 1. The predicted octanol–water partition coefficient (Wildman–Crippen LogP) is 2.07. The first-order valence-electron chi connectivity index (χ1n) is 5.83. The second-order valence-electron chi connectivity index (χ2n) is 4.42. The van der Waals surface area contributed by atoms with Crippen LogP contribution in [0, 0.1) is 0 Å². The molecular weight excluding hydrogens is 280 g/mol. The minimum Gasteiger partial charge on any atom is -0.369 e. The van der Waals surface area contributed by atoms with Gasteiger partial charge in [-0.2, -0.15) is 0 Å². The summed E-state index contributed by atoms with van der Waals surface area (Å²) in [5, 5.41) is 0. The third-order valence-electron chi connectivity index (χ3n) is 3.20. The number of likely N-dealkylation sites (N-methyl/N-ethyl adjacent to an activating group) is 1. The minimum atomic E-state index is -0.191. The molecule has 1 saturated heterocycles. The van der Waals surface area contributed by atoms with Crippen molar-refractivity contribution in [2.45, 2.75) is 4.83 Å². The lowest BCUT2D eigenvalue weighted by molar-refractivity contribution is -0.107. The SMILES string of the molecule is CN1CCN(c2ccc(C(Br)C=O)cc2)CC1. The number of alkyl halides is 1. The fraction of sp³-hybridized carbons (Fsp3) is 0.462. The Bertz CT molecular complexity index is 372. The molecule has 0 saturated carbocycles. The summed E-state index contributed by atoms with van der Waals surface area (Å²) >= 11 is 3.33. The van der Waals surface area contributed by atoms with E-state index in [0.717, 1.165) is 38.0 Å². The molecule has 0 aliphatic carbocycles. The van der Waals surface area contributed by atoms with E-state index in [1.165, 1.54) is 5.69 Å². The lowest BCUT2D eigenvalue weighted by atomic mass is 10.1. The summed E-state index contributed by atoms with van der Waals surface area (Å²) in [4.78, 5) is 15.2. The number of piperazine rings is 1. The van der Waals surface area contributed by atoms with E-state index in [2.05, 4.69) is 44.9 Å². The average molecular weight is 297 g/mol. The largest absolute Gasteiger partial charge is 0.369 e. The van der Waals surface area contributed by atoms with Crippen LogP contribution in [-0.4, -0.2) is 44.4 Å². The van der Waals surface area contributed by atoms with Gasteiger partial charge in [0.25, 0.3) is 0 Å². The van der Waals surface area contributed by atoms with Crippen LogP contribution in [0.5, 0.6) is 0 Å². The number of halogens is 1. The maximum Gasteiger partial charge on any atom is 0.138 e. The highest BCUT2D eigenvalue weighted by Crippen LogP contribution is 2.23. The molecule has 4 heteroatoms. The third kappa shape index (κ3) is 3.07. The number of rotatable bonds is 3. The number of aldehydes is 1. The van der Waals surface area contributed by atoms with E-state index in [0.29, 0.717) is 0 Å². The molecule has 1 atom stereocenters. The van der Waals surface area contributed by atoms with Gasteiger partial charge in [-0.05, 0) is 24.7 Å². The highest BCUT2D eigenvalue weighted by atomic mass is 79.9. The summed E-state index contributed by atoms with van der Waals surface area (Å²) in [5.41, 5.74) is 2.25. The second kappa shape index (κ2) is 5.65. The van der Waals surface area contributed by atoms with Gasteiger partial charge in [0.05, 0.1) is 4.83 Å². The summed E-state index contributed by atoms with van der Waals surface area (Å²) in [6.45, 7) is 4.36. The molecule has 2 rings (SSSR count). The van der Waals surface area contributed by atoms with Crippen molar-refractivity contribution in [1.82, 2.24) is 4.90 Å². The van der Waals surface area contributed by atoms with E-state index in [-0.39, 0.29) is 4.83 Å². The van der Waals surface area contributed by atoms with Gasteiger partial charge in [0, 0.05) is 31.9 Å². The van der Waals surface area contributed by atoms with Gasteiger partial charge in [-0.15, -0.1) is 0 Å². The first kappa shape index (κ1) is 12.6. The standard InChI is InChI=1S/C13H17BrN2O/c1-15-6-8-16(9-7-15)12-4-2-11(3-5-12)13(14)10-17/h2-5,10,13H,6-9H2,1H3. The van der Waals surface area contributed by atoms with Crippen molar-refractivity contribution in [3.05, 3.63) is 29.8 Å². The third-order valence-corrected chi connectivity index (χ3v) is 3.94. The number of hydrogen-bond donors (Lipinski definition) is 0. The highest BCUT2D eigenvalue weighted by Gasteiger charge is 2.14. The first-order chi connectivity index (χ1) is 8.20. The van der Waals surface area contributed by atoms with Gasteiger partial charge in [0.2, 0.25) is 0 Å².